The standard InChI is InChI=1S/C17H12Cl3N3O/c1-10-5-6-12(7-14(10)19)23-17(24)11(8-21)9-22-15-4-2-3-13(18)16(15)20/h2-7,9,22H,1H3,(H,23,24)/b11-9-. The van der Waals surface area contributed by atoms with E-state index < -0.39 is 5.91 Å². The molecule has 0 aromatic heterocycles. The summed E-state index contributed by atoms with van der Waals surface area (Å²) in [4.78, 5) is 12.2. The third kappa shape index (κ3) is 4.42. The molecule has 24 heavy (non-hydrogen) atoms. The van der Waals surface area contributed by atoms with Crippen molar-refractivity contribution in [3.8, 4) is 6.07 Å². The molecule has 2 aromatic rings. The maximum Gasteiger partial charge on any atom is 0.267 e. The van der Waals surface area contributed by atoms with Crippen molar-refractivity contribution in [3.63, 3.8) is 0 Å². The normalized spacial score (nSPS) is 10.9. The number of anilines is 2. The lowest BCUT2D eigenvalue weighted by molar-refractivity contribution is -0.112. The molecule has 0 heterocycles. The van der Waals surface area contributed by atoms with Gasteiger partial charge in [0.1, 0.15) is 11.6 Å². The first-order valence-electron chi connectivity index (χ1n) is 6.80. The highest BCUT2D eigenvalue weighted by Crippen LogP contribution is 2.29. The molecular formula is C17H12Cl3N3O. The molecule has 0 unspecified atom stereocenters. The molecule has 0 saturated heterocycles. The molecule has 0 aliphatic rings. The zero-order valence-corrected chi connectivity index (χ0v) is 14.8. The van der Waals surface area contributed by atoms with Gasteiger partial charge in [0.15, 0.2) is 0 Å². The van der Waals surface area contributed by atoms with Crippen LogP contribution in [0.5, 0.6) is 0 Å². The number of nitrogens with one attached hydrogen (secondary N) is 2. The maximum absolute atomic E-state index is 12.2. The van der Waals surface area contributed by atoms with Crippen molar-refractivity contribution in [1.82, 2.24) is 0 Å². The average Bonchev–Trinajstić information content (AvgIpc) is 2.55. The molecule has 4 nitrogen and oxygen atoms in total. The second kappa shape index (κ2) is 8.07. The molecule has 0 aliphatic heterocycles. The highest BCUT2D eigenvalue weighted by atomic mass is 35.5. The zero-order valence-electron chi connectivity index (χ0n) is 12.5. The first-order chi connectivity index (χ1) is 11.4. The summed E-state index contributed by atoms with van der Waals surface area (Å²) in [7, 11) is 0. The second-order valence-corrected chi connectivity index (χ2v) is 6.03. The van der Waals surface area contributed by atoms with Gasteiger partial charge in [-0.1, -0.05) is 46.9 Å². The van der Waals surface area contributed by atoms with Gasteiger partial charge in [-0.25, -0.2) is 0 Å². The van der Waals surface area contributed by atoms with Crippen LogP contribution in [0.1, 0.15) is 5.56 Å². The van der Waals surface area contributed by atoms with E-state index in [0.29, 0.717) is 26.4 Å². The van der Waals surface area contributed by atoms with Crippen molar-refractivity contribution in [1.29, 1.82) is 5.26 Å². The van der Waals surface area contributed by atoms with E-state index in [1.165, 1.54) is 6.20 Å². The minimum Gasteiger partial charge on any atom is -0.359 e. The predicted molar refractivity (Wildman–Crippen MR) is 98.6 cm³/mol. The van der Waals surface area contributed by atoms with Gasteiger partial charge in [0.2, 0.25) is 0 Å². The summed E-state index contributed by atoms with van der Waals surface area (Å²) in [5, 5.41) is 15.8. The number of amides is 1. The van der Waals surface area contributed by atoms with Crippen LogP contribution in [0.2, 0.25) is 15.1 Å². The summed E-state index contributed by atoms with van der Waals surface area (Å²) in [5.41, 5.74) is 1.76. The Labute approximate surface area is 154 Å². The first-order valence-corrected chi connectivity index (χ1v) is 7.94. The molecule has 0 atom stereocenters. The lowest BCUT2D eigenvalue weighted by Crippen LogP contribution is -2.14. The average molecular weight is 381 g/mol. The van der Waals surface area contributed by atoms with Gasteiger partial charge >= 0.3 is 0 Å². The SMILES string of the molecule is Cc1ccc(NC(=O)/C(C#N)=C\Nc2cccc(Cl)c2Cl)cc1Cl. The zero-order chi connectivity index (χ0) is 17.7. The van der Waals surface area contributed by atoms with E-state index in [1.807, 2.05) is 13.0 Å². The summed E-state index contributed by atoms with van der Waals surface area (Å²) in [5.74, 6) is -0.567. The van der Waals surface area contributed by atoms with Crippen molar-refractivity contribution in [2.24, 2.45) is 0 Å². The van der Waals surface area contributed by atoms with Gasteiger partial charge in [0.25, 0.3) is 5.91 Å². The van der Waals surface area contributed by atoms with Crippen LogP contribution in [0.4, 0.5) is 11.4 Å². The van der Waals surface area contributed by atoms with Crippen LogP contribution in [0, 0.1) is 18.3 Å². The van der Waals surface area contributed by atoms with E-state index >= 15 is 0 Å². The molecule has 0 fully saturated rings. The summed E-state index contributed by atoms with van der Waals surface area (Å²) in [6, 6.07) is 11.9. The quantitative estimate of drug-likeness (QED) is 0.550. The number of halogens is 3. The fraction of sp³-hybridized carbons (Fsp3) is 0.0588. The largest absolute Gasteiger partial charge is 0.359 e. The van der Waals surface area contributed by atoms with Crippen molar-refractivity contribution < 1.29 is 4.79 Å². The molecule has 0 spiro atoms. The highest BCUT2D eigenvalue weighted by Gasteiger charge is 2.11. The molecule has 2 N–H and O–H groups in total. The first kappa shape index (κ1) is 18.2. The van der Waals surface area contributed by atoms with E-state index in [4.69, 9.17) is 34.8 Å². The van der Waals surface area contributed by atoms with E-state index in [1.54, 1.807) is 36.4 Å². The number of nitrogens with zero attached hydrogens (tertiary/aromatic N) is 1. The van der Waals surface area contributed by atoms with Gasteiger partial charge in [0.05, 0.1) is 15.7 Å². The molecule has 7 heteroatoms. The van der Waals surface area contributed by atoms with Crippen LogP contribution in [-0.2, 0) is 4.79 Å². The number of hydrogen-bond donors (Lipinski definition) is 2. The van der Waals surface area contributed by atoms with Gasteiger partial charge in [0, 0.05) is 16.9 Å². The molecule has 0 aliphatic carbocycles. The van der Waals surface area contributed by atoms with E-state index in [2.05, 4.69) is 10.6 Å². The topological polar surface area (TPSA) is 64.9 Å². The molecule has 122 valence electrons. The monoisotopic (exact) mass is 379 g/mol. The third-order valence-corrected chi connectivity index (χ3v) is 4.34. The Morgan fingerprint density at radius 1 is 1.17 bits per heavy atom. The van der Waals surface area contributed by atoms with Crippen LogP contribution < -0.4 is 10.6 Å². The van der Waals surface area contributed by atoms with Crippen LogP contribution in [0.25, 0.3) is 0 Å². The Morgan fingerprint density at radius 2 is 1.92 bits per heavy atom. The number of benzene rings is 2. The fourth-order valence-electron chi connectivity index (χ4n) is 1.78. The summed E-state index contributed by atoms with van der Waals surface area (Å²) in [6.07, 6.45) is 1.27. The van der Waals surface area contributed by atoms with Crippen LogP contribution in [-0.4, -0.2) is 5.91 Å². The summed E-state index contributed by atoms with van der Waals surface area (Å²) in [6.45, 7) is 1.85. The number of aryl methyl sites for hydroxylation is 1. The minimum atomic E-state index is -0.567. The molecular weight excluding hydrogens is 369 g/mol. The van der Waals surface area contributed by atoms with Gasteiger partial charge in [-0.2, -0.15) is 5.26 Å². The van der Waals surface area contributed by atoms with Crippen molar-refractivity contribution in [2.75, 3.05) is 10.6 Å². The number of rotatable bonds is 4. The molecule has 1 amide bonds. The van der Waals surface area contributed by atoms with Crippen molar-refractivity contribution in [3.05, 3.63) is 68.8 Å². The van der Waals surface area contributed by atoms with Crippen LogP contribution >= 0.6 is 34.8 Å². The van der Waals surface area contributed by atoms with Crippen LogP contribution in [0.15, 0.2) is 48.2 Å². The van der Waals surface area contributed by atoms with E-state index in [0.717, 1.165) is 5.56 Å². The van der Waals surface area contributed by atoms with Crippen LogP contribution in [0.3, 0.4) is 0 Å². The number of nitriles is 1. The van der Waals surface area contributed by atoms with Gasteiger partial charge < -0.3 is 10.6 Å². The molecule has 2 rings (SSSR count). The van der Waals surface area contributed by atoms with Gasteiger partial charge in [-0.15, -0.1) is 0 Å². The number of hydrogen-bond acceptors (Lipinski definition) is 3. The van der Waals surface area contributed by atoms with Gasteiger partial charge in [-0.3, -0.25) is 4.79 Å². The molecule has 0 saturated carbocycles. The second-order valence-electron chi connectivity index (χ2n) is 4.83. The van der Waals surface area contributed by atoms with Gasteiger partial charge in [-0.05, 0) is 36.8 Å². The Kier molecular flexibility index (Phi) is 6.10. The summed E-state index contributed by atoms with van der Waals surface area (Å²) < 4.78 is 0. The third-order valence-electron chi connectivity index (χ3n) is 3.12. The summed E-state index contributed by atoms with van der Waals surface area (Å²) >= 11 is 18.0. The Bertz CT molecular complexity index is 857. The highest BCUT2D eigenvalue weighted by molar-refractivity contribution is 6.43. The van der Waals surface area contributed by atoms with Crippen molar-refractivity contribution >= 4 is 52.1 Å². The van der Waals surface area contributed by atoms with Crippen molar-refractivity contribution in [2.45, 2.75) is 6.92 Å². The molecule has 0 radical (unpaired) electrons. The minimum absolute atomic E-state index is 0.122. The lowest BCUT2D eigenvalue weighted by atomic mass is 10.2. The Hall–Kier alpha value is -2.19. The number of carbonyl (C=O) groups excluding carboxylic acids is 1. The maximum atomic E-state index is 12.2. The predicted octanol–water partition coefficient (Wildman–Crippen LogP) is 5.41. The fourth-order valence-corrected chi connectivity index (χ4v) is 2.32. The molecule has 0 bridgehead atoms. The van der Waals surface area contributed by atoms with E-state index in [9.17, 15) is 10.1 Å². The Balaban J connectivity index is 2.15. The van der Waals surface area contributed by atoms with E-state index in [-0.39, 0.29) is 5.57 Å². The number of carbonyl (C=O) groups is 1. The lowest BCUT2D eigenvalue weighted by Gasteiger charge is -2.08. The molecule has 2 aromatic carbocycles. The smallest absolute Gasteiger partial charge is 0.267 e. The Morgan fingerprint density at radius 3 is 2.58 bits per heavy atom.